The summed E-state index contributed by atoms with van der Waals surface area (Å²) < 4.78 is 0. The summed E-state index contributed by atoms with van der Waals surface area (Å²) >= 11 is 0. The molecule has 0 fully saturated rings. The van der Waals surface area contributed by atoms with Gasteiger partial charge in [-0.05, 0) is 113 Å². The third-order valence-electron chi connectivity index (χ3n) is 7.52. The van der Waals surface area contributed by atoms with Gasteiger partial charge in [0.1, 0.15) is 0 Å². The van der Waals surface area contributed by atoms with Crippen LogP contribution < -0.4 is 5.73 Å². The summed E-state index contributed by atoms with van der Waals surface area (Å²) in [6, 6.07) is 0. The normalized spacial score (nSPS) is 26.1. The van der Waals surface area contributed by atoms with E-state index in [1.165, 1.54) is 89.7 Å². The van der Waals surface area contributed by atoms with Crippen LogP contribution in [0.4, 0.5) is 0 Å². The molecule has 0 heterocycles. The van der Waals surface area contributed by atoms with Crippen LogP contribution in [-0.2, 0) is 0 Å². The fourth-order valence-corrected chi connectivity index (χ4v) is 5.41. The maximum absolute atomic E-state index is 7.06. The zero-order valence-electron chi connectivity index (χ0n) is 20.8. The molecule has 0 saturated carbocycles. The Labute approximate surface area is 199 Å². The molecule has 0 spiro atoms. The number of nitrogens with one attached hydrogen (secondary N) is 1. The number of rotatable bonds is 16. The van der Waals surface area contributed by atoms with Crippen molar-refractivity contribution in [2.24, 2.45) is 29.4 Å². The smallest absolute Gasteiger partial charge is 0.00230 e. The Morgan fingerprint density at radius 3 is 2.25 bits per heavy atom. The molecule has 32 heavy (non-hydrogen) atoms. The molecule has 2 rings (SSSR count). The summed E-state index contributed by atoms with van der Waals surface area (Å²) in [6.07, 6.45) is 37.5. The van der Waals surface area contributed by atoms with Crippen LogP contribution in [0.1, 0.15) is 103 Å². The highest BCUT2D eigenvalue weighted by Gasteiger charge is 2.25. The minimum absolute atomic E-state index is 0.661. The van der Waals surface area contributed by atoms with Gasteiger partial charge in [0.05, 0.1) is 0 Å². The van der Waals surface area contributed by atoms with E-state index in [0.29, 0.717) is 5.92 Å². The van der Waals surface area contributed by atoms with Gasteiger partial charge in [0.2, 0.25) is 0 Å². The predicted molar refractivity (Wildman–Crippen MR) is 142 cm³/mol. The average molecular weight is 439 g/mol. The summed E-state index contributed by atoms with van der Waals surface area (Å²) in [5, 5.41) is 7.06. The van der Waals surface area contributed by atoms with E-state index in [1.54, 1.807) is 5.57 Å². The Hall–Kier alpha value is -1.41. The quantitative estimate of drug-likeness (QED) is 0.141. The Morgan fingerprint density at radius 2 is 1.59 bits per heavy atom. The predicted octanol–water partition coefficient (Wildman–Crippen LogP) is 8.55. The van der Waals surface area contributed by atoms with Gasteiger partial charge < -0.3 is 11.1 Å². The summed E-state index contributed by atoms with van der Waals surface area (Å²) in [7, 11) is 0. The third-order valence-corrected chi connectivity index (χ3v) is 7.52. The molecule has 0 bridgehead atoms. The average Bonchev–Trinajstić information content (AvgIpc) is 2.84. The van der Waals surface area contributed by atoms with Crippen molar-refractivity contribution < 1.29 is 0 Å². The topological polar surface area (TPSA) is 49.9 Å². The summed E-state index contributed by atoms with van der Waals surface area (Å²) in [5.41, 5.74) is 7.24. The summed E-state index contributed by atoms with van der Waals surface area (Å²) in [5.74, 6) is 3.00. The lowest BCUT2D eigenvalue weighted by Gasteiger charge is -2.32. The van der Waals surface area contributed by atoms with Crippen LogP contribution in [0.3, 0.4) is 0 Å². The van der Waals surface area contributed by atoms with Gasteiger partial charge in [0.15, 0.2) is 0 Å². The van der Waals surface area contributed by atoms with Gasteiger partial charge in [-0.1, -0.05) is 74.3 Å². The molecule has 180 valence electrons. The molecule has 2 heteroatoms. The van der Waals surface area contributed by atoms with E-state index in [-0.39, 0.29) is 0 Å². The first kappa shape index (κ1) is 26.8. The van der Waals surface area contributed by atoms with Crippen LogP contribution in [-0.4, -0.2) is 12.8 Å². The lowest BCUT2D eigenvalue weighted by atomic mass is 9.73. The molecule has 0 amide bonds. The highest BCUT2D eigenvalue weighted by Crippen LogP contribution is 2.38. The Kier molecular flexibility index (Phi) is 14.4. The van der Waals surface area contributed by atoms with E-state index in [1.807, 2.05) is 0 Å². The van der Waals surface area contributed by atoms with Crippen LogP contribution in [0.2, 0.25) is 0 Å². The van der Waals surface area contributed by atoms with Crippen molar-refractivity contribution in [3.05, 3.63) is 48.1 Å². The Morgan fingerprint density at radius 1 is 0.844 bits per heavy atom. The molecular formula is C30H50N2. The standard InChI is InChI=1S/C30H50N2/c1-2-27(15-11-7-5-3-4-6-8-12-24-31)28-20-22-30(23-21-28)29-18-16-26(17-19-29)14-10-9-13-25-32/h5,7,15-16,18,20,22,24,26,28-31H,2-4,6,8-14,17,19,21,23,25,32H2,1H3/b7-5-,27-15-,31-24?/t26?,28-,29-,30?/m1/s1. The highest BCUT2D eigenvalue weighted by molar-refractivity contribution is 5.52. The lowest BCUT2D eigenvalue weighted by Crippen LogP contribution is -2.20. The van der Waals surface area contributed by atoms with Crippen LogP contribution in [0.15, 0.2) is 48.1 Å². The first-order valence-electron chi connectivity index (χ1n) is 13.7. The fraction of sp³-hybridized carbons (Fsp3) is 0.700. The van der Waals surface area contributed by atoms with Crippen LogP contribution in [0, 0.1) is 29.1 Å². The molecular weight excluding hydrogens is 388 g/mol. The van der Waals surface area contributed by atoms with Crippen molar-refractivity contribution in [3.8, 4) is 0 Å². The molecule has 0 aromatic rings. The highest BCUT2D eigenvalue weighted by atomic mass is 14.5. The zero-order valence-corrected chi connectivity index (χ0v) is 20.8. The molecule has 4 atom stereocenters. The Balaban J connectivity index is 1.70. The van der Waals surface area contributed by atoms with E-state index in [0.717, 1.165) is 37.1 Å². The van der Waals surface area contributed by atoms with Crippen LogP contribution in [0.5, 0.6) is 0 Å². The first-order chi connectivity index (χ1) is 15.8. The van der Waals surface area contributed by atoms with Gasteiger partial charge in [-0.15, -0.1) is 0 Å². The van der Waals surface area contributed by atoms with Crippen molar-refractivity contribution in [1.82, 2.24) is 0 Å². The van der Waals surface area contributed by atoms with Crippen molar-refractivity contribution in [2.45, 2.75) is 103 Å². The van der Waals surface area contributed by atoms with Gasteiger partial charge in [-0.2, -0.15) is 0 Å². The SMILES string of the molecule is CC/C(=C/C/C=C\CCCCCC=N)[C@@H]1C=CC([C@@H]2C=CC(CCCCCN)CC2)CC1. The number of hydrogen-bond donors (Lipinski definition) is 2. The molecule has 3 N–H and O–H groups in total. The minimum atomic E-state index is 0.661. The number of nitrogens with two attached hydrogens (primary N) is 1. The lowest BCUT2D eigenvalue weighted by molar-refractivity contribution is 0.332. The Bertz CT molecular complexity index is 612. The van der Waals surface area contributed by atoms with Gasteiger partial charge in [-0.3, -0.25) is 0 Å². The van der Waals surface area contributed by atoms with Crippen LogP contribution in [0.25, 0.3) is 0 Å². The zero-order chi connectivity index (χ0) is 22.9. The maximum atomic E-state index is 7.06. The third kappa shape index (κ3) is 10.5. The molecule has 2 nitrogen and oxygen atoms in total. The molecule has 0 radical (unpaired) electrons. The van der Waals surface area contributed by atoms with Gasteiger partial charge >= 0.3 is 0 Å². The maximum Gasteiger partial charge on any atom is -0.00230 e. The molecule has 0 aliphatic heterocycles. The van der Waals surface area contributed by atoms with E-state index in [2.05, 4.69) is 49.5 Å². The van der Waals surface area contributed by atoms with E-state index >= 15 is 0 Å². The van der Waals surface area contributed by atoms with Gasteiger partial charge in [0.25, 0.3) is 0 Å². The second kappa shape index (κ2) is 17.1. The molecule has 2 aliphatic carbocycles. The second-order valence-corrected chi connectivity index (χ2v) is 9.94. The molecule has 0 aromatic heterocycles. The van der Waals surface area contributed by atoms with Crippen molar-refractivity contribution in [3.63, 3.8) is 0 Å². The molecule has 0 saturated heterocycles. The molecule has 2 aliphatic rings. The number of allylic oxidation sites excluding steroid dienone is 8. The van der Waals surface area contributed by atoms with Crippen molar-refractivity contribution in [1.29, 1.82) is 5.41 Å². The largest absolute Gasteiger partial charge is 0.330 e. The van der Waals surface area contributed by atoms with Gasteiger partial charge in [-0.25, -0.2) is 0 Å². The minimum Gasteiger partial charge on any atom is -0.330 e. The van der Waals surface area contributed by atoms with Gasteiger partial charge in [0, 0.05) is 0 Å². The molecule has 0 aromatic carbocycles. The number of unbranched alkanes of at least 4 members (excludes halogenated alkanes) is 6. The first-order valence-corrected chi connectivity index (χ1v) is 13.7. The number of hydrogen-bond acceptors (Lipinski definition) is 2. The fourth-order valence-electron chi connectivity index (χ4n) is 5.41. The van der Waals surface area contributed by atoms with Crippen LogP contribution >= 0.6 is 0 Å². The van der Waals surface area contributed by atoms with Crippen molar-refractivity contribution in [2.75, 3.05) is 6.54 Å². The van der Waals surface area contributed by atoms with Crippen molar-refractivity contribution >= 4 is 6.21 Å². The molecule has 2 unspecified atom stereocenters. The van der Waals surface area contributed by atoms with E-state index in [4.69, 9.17) is 11.1 Å². The van der Waals surface area contributed by atoms with E-state index < -0.39 is 0 Å². The summed E-state index contributed by atoms with van der Waals surface area (Å²) in [4.78, 5) is 0. The van der Waals surface area contributed by atoms with E-state index in [9.17, 15) is 0 Å². The monoisotopic (exact) mass is 438 g/mol. The summed E-state index contributed by atoms with van der Waals surface area (Å²) in [6.45, 7) is 3.16. The second-order valence-electron chi connectivity index (χ2n) is 9.94.